The minimum absolute atomic E-state index is 0.0201. The molecule has 0 bridgehead atoms. The number of hydrogen-bond donors (Lipinski definition) is 2. The molecule has 0 aromatic carbocycles. The van der Waals surface area contributed by atoms with Crippen LogP contribution in [0.4, 0.5) is 0 Å². The second kappa shape index (κ2) is 7.09. The van der Waals surface area contributed by atoms with Gasteiger partial charge in [-0.05, 0) is 24.7 Å². The fourth-order valence-corrected chi connectivity index (χ4v) is 1.54. The highest BCUT2D eigenvalue weighted by Gasteiger charge is 2.11. The highest BCUT2D eigenvalue weighted by Crippen LogP contribution is 2.22. The maximum Gasteiger partial charge on any atom is 0.331 e. The van der Waals surface area contributed by atoms with Gasteiger partial charge in [0.05, 0.1) is 0 Å². The summed E-state index contributed by atoms with van der Waals surface area (Å²) in [5.41, 5.74) is 0.278. The van der Waals surface area contributed by atoms with Crippen molar-refractivity contribution in [2.24, 2.45) is 5.41 Å². The zero-order chi connectivity index (χ0) is 13.5. The molecule has 0 rings (SSSR count). The zero-order valence-corrected chi connectivity index (χ0v) is 10.8. The lowest BCUT2D eigenvalue weighted by molar-refractivity contribution is -0.135. The Balaban J connectivity index is 3.93. The van der Waals surface area contributed by atoms with Crippen molar-refractivity contribution in [1.29, 1.82) is 0 Å². The van der Waals surface area contributed by atoms with Crippen molar-refractivity contribution in [3.8, 4) is 0 Å². The van der Waals surface area contributed by atoms with Crippen LogP contribution in [0.3, 0.4) is 0 Å². The summed E-state index contributed by atoms with van der Waals surface area (Å²) in [5.74, 6) is -2.33. The molecule has 0 atom stereocenters. The van der Waals surface area contributed by atoms with Crippen LogP contribution >= 0.6 is 0 Å². The monoisotopic (exact) mass is 242 g/mol. The van der Waals surface area contributed by atoms with Gasteiger partial charge in [-0.2, -0.15) is 0 Å². The Morgan fingerprint density at radius 2 is 1.65 bits per heavy atom. The molecule has 0 aliphatic rings. The van der Waals surface area contributed by atoms with Crippen LogP contribution in [0.5, 0.6) is 0 Å². The lowest BCUT2D eigenvalue weighted by atomic mass is 9.89. The van der Waals surface area contributed by atoms with Crippen LogP contribution in [0.25, 0.3) is 0 Å². The van der Waals surface area contributed by atoms with Gasteiger partial charge < -0.3 is 10.2 Å². The van der Waals surface area contributed by atoms with E-state index in [2.05, 4.69) is 20.8 Å². The molecule has 4 nitrogen and oxygen atoms in total. The van der Waals surface area contributed by atoms with Crippen molar-refractivity contribution in [1.82, 2.24) is 0 Å². The average Bonchev–Trinajstić information content (AvgIpc) is 2.12. The molecule has 2 N–H and O–H groups in total. The summed E-state index contributed by atoms with van der Waals surface area (Å²) in [7, 11) is 0. The molecule has 0 saturated heterocycles. The van der Waals surface area contributed by atoms with Gasteiger partial charge in [0.2, 0.25) is 0 Å². The zero-order valence-electron chi connectivity index (χ0n) is 10.8. The third kappa shape index (κ3) is 9.60. The molecule has 4 heteroatoms. The van der Waals surface area contributed by atoms with Crippen LogP contribution in [0.1, 0.15) is 52.9 Å². The summed E-state index contributed by atoms with van der Waals surface area (Å²) >= 11 is 0. The first-order valence-corrected chi connectivity index (χ1v) is 5.89. The quantitative estimate of drug-likeness (QED) is 0.531. The summed E-state index contributed by atoms with van der Waals surface area (Å²) in [4.78, 5) is 21.1. The van der Waals surface area contributed by atoms with Crippen molar-refractivity contribution in [2.45, 2.75) is 52.9 Å². The molecular weight excluding hydrogens is 220 g/mol. The Bertz CT molecular complexity index is 297. The molecule has 0 fully saturated rings. The molecule has 0 unspecified atom stereocenters. The summed E-state index contributed by atoms with van der Waals surface area (Å²) in [6.45, 7) is 6.50. The predicted molar refractivity (Wildman–Crippen MR) is 65.9 cm³/mol. The summed E-state index contributed by atoms with van der Waals surface area (Å²) in [5, 5.41) is 17.3. The molecule has 0 aliphatic heterocycles. The fourth-order valence-electron chi connectivity index (χ4n) is 1.54. The molecule has 98 valence electrons. The lowest BCUT2D eigenvalue weighted by Crippen LogP contribution is -2.05. The predicted octanol–water partition coefficient (Wildman–Crippen LogP) is 3.08. The van der Waals surface area contributed by atoms with Gasteiger partial charge in [0.15, 0.2) is 0 Å². The van der Waals surface area contributed by atoms with Crippen molar-refractivity contribution < 1.29 is 19.8 Å². The van der Waals surface area contributed by atoms with E-state index in [0.717, 1.165) is 31.8 Å². The van der Waals surface area contributed by atoms with E-state index < -0.39 is 11.9 Å². The second-order valence-electron chi connectivity index (χ2n) is 5.43. The molecular formula is C13H22O4. The third-order valence-corrected chi connectivity index (χ3v) is 2.45. The minimum atomic E-state index is -1.20. The first-order valence-electron chi connectivity index (χ1n) is 5.89. The van der Waals surface area contributed by atoms with Crippen molar-refractivity contribution in [3.63, 3.8) is 0 Å². The van der Waals surface area contributed by atoms with Crippen LogP contribution in [-0.4, -0.2) is 22.2 Å². The van der Waals surface area contributed by atoms with Crippen LogP contribution in [0, 0.1) is 5.41 Å². The Kier molecular flexibility index (Phi) is 6.54. The van der Waals surface area contributed by atoms with Crippen LogP contribution in [-0.2, 0) is 9.59 Å². The number of carboxylic acids is 2. The second-order valence-corrected chi connectivity index (χ2v) is 5.43. The molecule has 0 saturated carbocycles. The van der Waals surface area contributed by atoms with Gasteiger partial charge in [-0.25, -0.2) is 9.59 Å². The van der Waals surface area contributed by atoms with Gasteiger partial charge in [-0.3, -0.25) is 0 Å². The van der Waals surface area contributed by atoms with E-state index in [4.69, 9.17) is 10.2 Å². The molecule has 0 aliphatic carbocycles. The van der Waals surface area contributed by atoms with Gasteiger partial charge in [-0.1, -0.05) is 33.6 Å². The first kappa shape index (κ1) is 15.7. The molecule has 0 aromatic heterocycles. The maximum absolute atomic E-state index is 10.7. The normalized spacial score (nSPS) is 12.5. The van der Waals surface area contributed by atoms with Gasteiger partial charge in [0, 0.05) is 11.6 Å². The molecule has 0 radical (unpaired) electrons. The number of carboxylic acid groups (broad SMARTS) is 2. The van der Waals surface area contributed by atoms with Gasteiger partial charge >= 0.3 is 11.9 Å². The largest absolute Gasteiger partial charge is 0.478 e. The summed E-state index contributed by atoms with van der Waals surface area (Å²) in [6, 6.07) is 0. The van der Waals surface area contributed by atoms with E-state index in [1.807, 2.05) is 0 Å². The summed E-state index contributed by atoms with van der Waals surface area (Å²) in [6.07, 6.45) is 4.91. The van der Waals surface area contributed by atoms with E-state index in [0.29, 0.717) is 11.8 Å². The van der Waals surface area contributed by atoms with E-state index in [1.54, 1.807) is 0 Å². The Hall–Kier alpha value is -1.32. The lowest BCUT2D eigenvalue weighted by Gasteiger charge is -2.17. The standard InChI is InChI=1S/C13H22O4/c1-13(2,3)8-6-4-5-7-10(12(16)17)9-11(14)15/h9H,4-8H2,1-3H3,(H,14,15)(H,16,17)/b10-9-. The molecule has 0 amide bonds. The smallest absolute Gasteiger partial charge is 0.331 e. The number of carbonyl (C=O) groups is 2. The van der Waals surface area contributed by atoms with Crippen molar-refractivity contribution in [2.75, 3.05) is 0 Å². The van der Waals surface area contributed by atoms with Crippen molar-refractivity contribution >= 4 is 11.9 Å². The van der Waals surface area contributed by atoms with Crippen molar-refractivity contribution in [3.05, 3.63) is 11.6 Å². The number of rotatable bonds is 7. The van der Waals surface area contributed by atoms with Gasteiger partial charge in [0.25, 0.3) is 0 Å². The third-order valence-electron chi connectivity index (χ3n) is 2.45. The molecule has 17 heavy (non-hydrogen) atoms. The van der Waals surface area contributed by atoms with Gasteiger partial charge in [-0.15, -0.1) is 0 Å². The number of aliphatic carboxylic acids is 2. The molecule has 0 heterocycles. The Morgan fingerprint density at radius 1 is 1.06 bits per heavy atom. The van der Waals surface area contributed by atoms with Crippen LogP contribution in [0.2, 0.25) is 0 Å². The number of hydrogen-bond acceptors (Lipinski definition) is 2. The van der Waals surface area contributed by atoms with Gasteiger partial charge in [0.1, 0.15) is 0 Å². The SMILES string of the molecule is CC(C)(C)CCCCC/C(=C/C(=O)O)C(=O)O. The van der Waals surface area contributed by atoms with E-state index in [1.165, 1.54) is 0 Å². The molecule has 0 aromatic rings. The molecule has 0 spiro atoms. The fraction of sp³-hybridized carbons (Fsp3) is 0.692. The van der Waals surface area contributed by atoms with E-state index >= 15 is 0 Å². The highest BCUT2D eigenvalue weighted by molar-refractivity contribution is 5.94. The minimum Gasteiger partial charge on any atom is -0.478 e. The van der Waals surface area contributed by atoms with E-state index in [-0.39, 0.29) is 5.57 Å². The first-order chi connectivity index (χ1) is 7.72. The van der Waals surface area contributed by atoms with Crippen LogP contribution in [0.15, 0.2) is 11.6 Å². The average molecular weight is 242 g/mol. The topological polar surface area (TPSA) is 74.6 Å². The van der Waals surface area contributed by atoms with Crippen LogP contribution < -0.4 is 0 Å². The summed E-state index contributed by atoms with van der Waals surface area (Å²) < 4.78 is 0. The Morgan fingerprint density at radius 3 is 2.06 bits per heavy atom. The number of unbranched alkanes of at least 4 members (excludes halogenated alkanes) is 2. The van der Waals surface area contributed by atoms with E-state index in [9.17, 15) is 9.59 Å². The maximum atomic E-state index is 10.7. The Labute approximate surface area is 102 Å². The highest BCUT2D eigenvalue weighted by atomic mass is 16.4.